The van der Waals surface area contributed by atoms with E-state index in [9.17, 15) is 30.5 Å². The third-order valence-corrected chi connectivity index (χ3v) is 2.41. The highest BCUT2D eigenvalue weighted by Crippen LogP contribution is 2.35. The van der Waals surface area contributed by atoms with E-state index >= 15 is 0 Å². The van der Waals surface area contributed by atoms with Crippen LogP contribution in [-0.2, 0) is 20.8 Å². The Bertz CT molecular complexity index is 477. The summed E-state index contributed by atoms with van der Waals surface area (Å²) in [7, 11) is -5.35. The van der Waals surface area contributed by atoms with E-state index in [0.29, 0.717) is 12.1 Å². The van der Waals surface area contributed by atoms with Crippen molar-refractivity contribution in [3.8, 4) is 0 Å². The number of hydrogen-bond donors (Lipinski definition) is 0. The summed E-state index contributed by atoms with van der Waals surface area (Å²) in [6.07, 6.45) is -5.22. The molecule has 0 heterocycles. The first-order valence-corrected chi connectivity index (χ1v) is 4.86. The first-order valence-electron chi connectivity index (χ1n) is 3.45. The van der Waals surface area contributed by atoms with Crippen LogP contribution in [0.25, 0.3) is 0 Å². The topological polar surface area (TPSA) is 54.0 Å². The van der Waals surface area contributed by atoms with E-state index in [2.05, 4.69) is 0 Å². The van der Waals surface area contributed by atoms with Gasteiger partial charge < -0.3 is 0 Å². The molecule has 0 bridgehead atoms. The Hall–Kier alpha value is -1.15. The van der Waals surface area contributed by atoms with Crippen molar-refractivity contribution in [2.75, 3.05) is 0 Å². The van der Waals surface area contributed by atoms with Crippen LogP contribution in [0.15, 0.2) is 23.1 Å². The Labute approximate surface area is 82.1 Å². The standard InChI is InChI=1S/C7H3F4O3S/c8-4-2-1-3-5(15(12,13)14)6(4)7(9,10)11/h1-3H. The molecule has 0 unspecified atom stereocenters. The van der Waals surface area contributed by atoms with Gasteiger partial charge >= 0.3 is 16.3 Å². The monoisotopic (exact) mass is 243 g/mol. The van der Waals surface area contributed by atoms with E-state index in [0.717, 1.165) is 6.07 Å². The van der Waals surface area contributed by atoms with Crippen LogP contribution in [0.3, 0.4) is 0 Å². The van der Waals surface area contributed by atoms with Gasteiger partial charge in [-0.15, -0.1) is 0 Å². The Morgan fingerprint density at radius 2 is 1.67 bits per heavy atom. The molecule has 1 radical (unpaired) electrons. The summed E-state index contributed by atoms with van der Waals surface area (Å²) < 4.78 is 80.6. The minimum Gasteiger partial charge on any atom is -0.206 e. The van der Waals surface area contributed by atoms with Crippen molar-refractivity contribution in [1.29, 1.82) is 0 Å². The van der Waals surface area contributed by atoms with Crippen molar-refractivity contribution in [3.63, 3.8) is 0 Å². The predicted molar refractivity (Wildman–Crippen MR) is 39.3 cm³/mol. The first kappa shape index (κ1) is 11.9. The van der Waals surface area contributed by atoms with Crippen molar-refractivity contribution < 1.29 is 30.5 Å². The second-order valence-corrected chi connectivity index (χ2v) is 3.91. The highest BCUT2D eigenvalue weighted by molar-refractivity contribution is 7.85. The average Bonchev–Trinajstić information content (AvgIpc) is 1.99. The fraction of sp³-hybridized carbons (Fsp3) is 0.143. The molecule has 0 fully saturated rings. The van der Waals surface area contributed by atoms with Gasteiger partial charge in [0.1, 0.15) is 16.3 Å². The van der Waals surface area contributed by atoms with E-state index in [-0.39, 0.29) is 0 Å². The van der Waals surface area contributed by atoms with E-state index in [4.69, 9.17) is 0 Å². The molecular formula is C7H3F4O3S. The molecule has 1 aromatic carbocycles. The fourth-order valence-electron chi connectivity index (χ4n) is 0.988. The van der Waals surface area contributed by atoms with Gasteiger partial charge in [-0.05, 0) is 12.1 Å². The molecule has 3 nitrogen and oxygen atoms in total. The maximum absolute atomic E-state index is 12.8. The summed E-state index contributed by atoms with van der Waals surface area (Å²) in [6.45, 7) is 0. The second-order valence-electron chi connectivity index (χ2n) is 2.56. The van der Waals surface area contributed by atoms with Crippen LogP contribution in [0.1, 0.15) is 5.56 Å². The Morgan fingerprint density at radius 3 is 2.00 bits per heavy atom. The zero-order valence-electron chi connectivity index (χ0n) is 6.88. The summed E-state index contributed by atoms with van der Waals surface area (Å²) in [4.78, 5) is -1.60. The van der Waals surface area contributed by atoms with Crippen LogP contribution in [0.2, 0.25) is 0 Å². The number of alkyl halides is 3. The van der Waals surface area contributed by atoms with Crippen molar-refractivity contribution in [1.82, 2.24) is 0 Å². The summed E-state index contributed by atoms with van der Waals surface area (Å²) in [5.74, 6) is -1.79. The van der Waals surface area contributed by atoms with Gasteiger partial charge in [0.2, 0.25) is 0 Å². The molecule has 0 aromatic heterocycles. The third-order valence-electron chi connectivity index (χ3n) is 1.53. The van der Waals surface area contributed by atoms with Gasteiger partial charge in [-0.2, -0.15) is 21.6 Å². The van der Waals surface area contributed by atoms with Gasteiger partial charge in [-0.3, -0.25) is 0 Å². The molecule has 0 aliphatic rings. The molecule has 0 saturated heterocycles. The lowest BCUT2D eigenvalue weighted by atomic mass is 10.2. The van der Waals surface area contributed by atoms with Crippen molar-refractivity contribution in [2.45, 2.75) is 11.1 Å². The summed E-state index contributed by atoms with van der Waals surface area (Å²) >= 11 is 0. The third kappa shape index (κ3) is 2.45. The smallest absolute Gasteiger partial charge is 0.206 e. The average molecular weight is 243 g/mol. The molecule has 0 atom stereocenters. The molecule has 83 valence electrons. The van der Waals surface area contributed by atoms with Gasteiger partial charge in [-0.25, -0.2) is 4.39 Å². The molecule has 0 spiro atoms. The number of benzene rings is 1. The van der Waals surface area contributed by atoms with Crippen LogP contribution in [0.5, 0.6) is 0 Å². The molecule has 0 saturated carbocycles. The first-order chi connectivity index (χ1) is 6.64. The molecular weight excluding hydrogens is 240 g/mol. The van der Waals surface area contributed by atoms with E-state index < -0.39 is 32.6 Å². The Kier molecular flexibility index (Phi) is 2.75. The lowest BCUT2D eigenvalue weighted by Gasteiger charge is -2.10. The van der Waals surface area contributed by atoms with Gasteiger partial charge in [0.25, 0.3) is 0 Å². The quantitative estimate of drug-likeness (QED) is 0.708. The molecule has 15 heavy (non-hydrogen) atoms. The maximum atomic E-state index is 12.8. The Morgan fingerprint density at radius 1 is 1.13 bits per heavy atom. The zero-order chi connectivity index (χ0) is 11.9. The van der Waals surface area contributed by atoms with Gasteiger partial charge in [0.15, 0.2) is 0 Å². The lowest BCUT2D eigenvalue weighted by Crippen LogP contribution is -2.14. The predicted octanol–water partition coefficient (Wildman–Crippen LogP) is 1.96. The number of hydrogen-bond acceptors (Lipinski definition) is 2. The van der Waals surface area contributed by atoms with Crippen LogP contribution in [0, 0.1) is 5.82 Å². The van der Waals surface area contributed by atoms with Gasteiger partial charge in [-0.1, -0.05) is 10.6 Å². The molecule has 1 rings (SSSR count). The molecule has 0 N–H and O–H groups in total. The SMILES string of the molecule is [O]S(=O)(=O)c1cccc(F)c1C(F)(F)F. The zero-order valence-corrected chi connectivity index (χ0v) is 7.69. The van der Waals surface area contributed by atoms with E-state index in [1.165, 1.54) is 0 Å². The highest BCUT2D eigenvalue weighted by Gasteiger charge is 2.40. The normalized spacial score (nSPS) is 12.9. The van der Waals surface area contributed by atoms with Crippen LogP contribution >= 0.6 is 0 Å². The van der Waals surface area contributed by atoms with E-state index in [1.54, 1.807) is 0 Å². The van der Waals surface area contributed by atoms with E-state index in [1.807, 2.05) is 0 Å². The largest absolute Gasteiger partial charge is 0.420 e. The molecule has 0 aliphatic heterocycles. The fourth-order valence-corrected chi connectivity index (χ4v) is 1.70. The van der Waals surface area contributed by atoms with Gasteiger partial charge in [0.05, 0.1) is 0 Å². The van der Waals surface area contributed by atoms with Crippen LogP contribution in [0.4, 0.5) is 17.6 Å². The molecule has 1 aromatic rings. The number of rotatable bonds is 1. The van der Waals surface area contributed by atoms with Crippen molar-refractivity contribution in [3.05, 3.63) is 29.6 Å². The second kappa shape index (κ2) is 3.46. The lowest BCUT2D eigenvalue weighted by molar-refractivity contribution is -0.142. The van der Waals surface area contributed by atoms with Crippen molar-refractivity contribution >= 4 is 10.1 Å². The minimum atomic E-state index is -5.35. The molecule has 0 aliphatic carbocycles. The summed E-state index contributed by atoms with van der Waals surface area (Å²) in [6, 6.07) is 1.56. The minimum absolute atomic E-state index is 0.411. The molecule has 8 heteroatoms. The number of halogens is 4. The molecule has 0 amide bonds. The Balaban J connectivity index is 3.63. The van der Waals surface area contributed by atoms with Crippen molar-refractivity contribution in [2.24, 2.45) is 0 Å². The van der Waals surface area contributed by atoms with Gasteiger partial charge in [0, 0.05) is 0 Å². The van der Waals surface area contributed by atoms with Crippen LogP contribution in [-0.4, -0.2) is 8.42 Å². The summed E-state index contributed by atoms with van der Waals surface area (Å²) in [5, 5.41) is 0. The van der Waals surface area contributed by atoms with Crippen LogP contribution < -0.4 is 0 Å². The summed E-state index contributed by atoms with van der Waals surface area (Å²) in [5.41, 5.74) is -2.06. The maximum Gasteiger partial charge on any atom is 0.420 e. The highest BCUT2D eigenvalue weighted by atomic mass is 32.2.